The first-order valence-corrected chi connectivity index (χ1v) is 7.14. The number of hydrogen-bond acceptors (Lipinski definition) is 4. The predicted molar refractivity (Wildman–Crippen MR) is 80.2 cm³/mol. The second-order valence-corrected chi connectivity index (χ2v) is 6.21. The maximum absolute atomic E-state index is 5.96. The molecule has 102 valence electrons. The minimum Gasteiger partial charge on any atom is -0.365 e. The molecule has 1 unspecified atom stereocenters. The molecule has 0 fully saturated rings. The Balaban J connectivity index is 2.78. The smallest absolute Gasteiger partial charge is 0.148 e. The van der Waals surface area contributed by atoms with Crippen LogP contribution >= 0.6 is 27.5 Å². The van der Waals surface area contributed by atoms with Gasteiger partial charge in [-0.2, -0.15) is 0 Å². The van der Waals surface area contributed by atoms with Crippen LogP contribution in [0.15, 0.2) is 10.8 Å². The number of nitrogens with zero attached hydrogens (tertiary/aromatic N) is 3. The number of anilines is 1. The van der Waals surface area contributed by atoms with Crippen LogP contribution in [0, 0.1) is 5.92 Å². The van der Waals surface area contributed by atoms with Crippen molar-refractivity contribution in [2.24, 2.45) is 5.92 Å². The van der Waals surface area contributed by atoms with Gasteiger partial charge in [0.05, 0.1) is 4.47 Å². The van der Waals surface area contributed by atoms with Crippen molar-refractivity contribution in [1.29, 1.82) is 0 Å². The minimum atomic E-state index is 0.335. The third-order valence-corrected chi connectivity index (χ3v) is 3.70. The maximum Gasteiger partial charge on any atom is 0.148 e. The van der Waals surface area contributed by atoms with Crippen molar-refractivity contribution in [3.63, 3.8) is 0 Å². The molecule has 1 atom stereocenters. The van der Waals surface area contributed by atoms with E-state index in [1.54, 1.807) is 0 Å². The summed E-state index contributed by atoms with van der Waals surface area (Å²) >= 11 is 9.37. The standard InChI is InChI=1S/C12H20BrClN4/c1-8(2)5-9(6-18(3)4)17-12-10(13)11(14)15-7-16-12/h7-9H,5-6H2,1-4H3,(H,15,16,17). The summed E-state index contributed by atoms with van der Waals surface area (Å²) in [5, 5.41) is 3.86. The van der Waals surface area contributed by atoms with E-state index in [4.69, 9.17) is 11.6 Å². The maximum atomic E-state index is 5.96. The first-order chi connectivity index (χ1) is 8.40. The Morgan fingerprint density at radius 1 is 1.39 bits per heavy atom. The molecule has 0 amide bonds. The van der Waals surface area contributed by atoms with E-state index in [0.29, 0.717) is 17.1 Å². The summed E-state index contributed by atoms with van der Waals surface area (Å²) in [7, 11) is 4.13. The topological polar surface area (TPSA) is 41.0 Å². The second kappa shape index (κ2) is 7.26. The fraction of sp³-hybridized carbons (Fsp3) is 0.667. The summed E-state index contributed by atoms with van der Waals surface area (Å²) in [4.78, 5) is 10.3. The van der Waals surface area contributed by atoms with Gasteiger partial charge in [-0.3, -0.25) is 0 Å². The normalized spacial score (nSPS) is 13.1. The van der Waals surface area contributed by atoms with E-state index in [0.717, 1.165) is 23.3 Å². The van der Waals surface area contributed by atoms with Gasteiger partial charge < -0.3 is 10.2 Å². The van der Waals surface area contributed by atoms with Crippen LogP contribution in [0.3, 0.4) is 0 Å². The third kappa shape index (κ3) is 5.08. The molecule has 4 nitrogen and oxygen atoms in total. The Hall–Kier alpha value is -0.390. The SMILES string of the molecule is CC(C)CC(CN(C)C)Nc1ncnc(Cl)c1Br. The molecule has 0 radical (unpaired) electrons. The van der Waals surface area contributed by atoms with Crippen molar-refractivity contribution in [1.82, 2.24) is 14.9 Å². The van der Waals surface area contributed by atoms with Crippen molar-refractivity contribution in [2.75, 3.05) is 26.0 Å². The van der Waals surface area contributed by atoms with Gasteiger partial charge in [-0.1, -0.05) is 25.4 Å². The minimum absolute atomic E-state index is 0.335. The molecule has 0 aliphatic rings. The summed E-state index contributed by atoms with van der Waals surface area (Å²) in [5.41, 5.74) is 0. The average Bonchev–Trinajstić information content (AvgIpc) is 2.23. The Kier molecular flexibility index (Phi) is 6.32. The molecule has 1 aromatic heterocycles. The van der Waals surface area contributed by atoms with E-state index < -0.39 is 0 Å². The van der Waals surface area contributed by atoms with Crippen molar-refractivity contribution < 1.29 is 0 Å². The molecule has 1 heterocycles. The number of nitrogens with one attached hydrogen (secondary N) is 1. The average molecular weight is 336 g/mol. The summed E-state index contributed by atoms with van der Waals surface area (Å²) in [6, 6.07) is 0.335. The van der Waals surface area contributed by atoms with Crippen molar-refractivity contribution in [3.8, 4) is 0 Å². The van der Waals surface area contributed by atoms with Crippen LogP contribution in [0.2, 0.25) is 5.15 Å². The Morgan fingerprint density at radius 2 is 2.06 bits per heavy atom. The number of rotatable bonds is 6. The van der Waals surface area contributed by atoms with Crippen molar-refractivity contribution in [2.45, 2.75) is 26.3 Å². The van der Waals surface area contributed by atoms with Crippen LogP contribution in [0.5, 0.6) is 0 Å². The molecule has 1 rings (SSSR count). The quantitative estimate of drug-likeness (QED) is 0.810. The summed E-state index contributed by atoms with van der Waals surface area (Å²) < 4.78 is 0.721. The zero-order valence-corrected chi connectivity index (χ0v) is 13.6. The van der Waals surface area contributed by atoms with E-state index in [-0.39, 0.29) is 0 Å². The lowest BCUT2D eigenvalue weighted by Gasteiger charge is -2.24. The predicted octanol–water partition coefficient (Wildman–Crippen LogP) is 3.28. The summed E-state index contributed by atoms with van der Waals surface area (Å²) in [5.74, 6) is 1.38. The monoisotopic (exact) mass is 334 g/mol. The molecule has 0 aromatic carbocycles. The molecule has 1 aromatic rings. The van der Waals surface area contributed by atoms with Crippen LogP contribution in [0.1, 0.15) is 20.3 Å². The molecule has 0 saturated heterocycles. The van der Waals surface area contributed by atoms with Crippen LogP contribution in [0.25, 0.3) is 0 Å². The lowest BCUT2D eigenvalue weighted by atomic mass is 10.0. The van der Waals surface area contributed by atoms with Crippen LogP contribution in [0.4, 0.5) is 5.82 Å². The van der Waals surface area contributed by atoms with Crippen molar-refractivity contribution >= 4 is 33.3 Å². The van der Waals surface area contributed by atoms with Crippen LogP contribution in [-0.4, -0.2) is 41.5 Å². The lowest BCUT2D eigenvalue weighted by Crippen LogP contribution is -2.34. The van der Waals surface area contributed by atoms with Crippen molar-refractivity contribution in [3.05, 3.63) is 16.0 Å². The fourth-order valence-electron chi connectivity index (χ4n) is 1.83. The van der Waals surface area contributed by atoms with Crippen LogP contribution in [-0.2, 0) is 0 Å². The van der Waals surface area contributed by atoms with E-state index in [1.165, 1.54) is 6.33 Å². The highest BCUT2D eigenvalue weighted by Gasteiger charge is 2.15. The van der Waals surface area contributed by atoms with Gasteiger partial charge in [0, 0.05) is 12.6 Å². The molecule has 6 heteroatoms. The first-order valence-electron chi connectivity index (χ1n) is 5.97. The van der Waals surface area contributed by atoms with Gasteiger partial charge in [-0.15, -0.1) is 0 Å². The Bertz CT molecular complexity index is 374. The molecule has 0 aliphatic carbocycles. The second-order valence-electron chi connectivity index (χ2n) is 5.06. The van der Waals surface area contributed by atoms with E-state index in [9.17, 15) is 0 Å². The third-order valence-electron chi connectivity index (χ3n) is 2.43. The molecule has 18 heavy (non-hydrogen) atoms. The highest BCUT2D eigenvalue weighted by molar-refractivity contribution is 9.10. The van der Waals surface area contributed by atoms with Gasteiger partial charge in [0.1, 0.15) is 17.3 Å². The van der Waals surface area contributed by atoms with Gasteiger partial charge in [-0.25, -0.2) is 9.97 Å². The fourth-order valence-corrected chi connectivity index (χ4v) is 2.28. The highest BCUT2D eigenvalue weighted by atomic mass is 79.9. The van der Waals surface area contributed by atoms with E-state index >= 15 is 0 Å². The van der Waals surface area contributed by atoms with Gasteiger partial charge in [-0.05, 0) is 42.4 Å². The van der Waals surface area contributed by atoms with Crippen LogP contribution < -0.4 is 5.32 Å². The highest BCUT2D eigenvalue weighted by Crippen LogP contribution is 2.27. The zero-order chi connectivity index (χ0) is 13.7. The molecular formula is C12H20BrClN4. The number of hydrogen-bond donors (Lipinski definition) is 1. The summed E-state index contributed by atoms with van der Waals surface area (Å²) in [6.45, 7) is 5.38. The summed E-state index contributed by atoms with van der Waals surface area (Å²) in [6.07, 6.45) is 2.55. The van der Waals surface area contributed by atoms with Gasteiger partial charge in [0.15, 0.2) is 0 Å². The molecule has 0 saturated carbocycles. The molecular weight excluding hydrogens is 316 g/mol. The molecule has 0 bridgehead atoms. The Morgan fingerprint density at radius 3 is 2.61 bits per heavy atom. The largest absolute Gasteiger partial charge is 0.365 e. The number of aromatic nitrogens is 2. The lowest BCUT2D eigenvalue weighted by molar-refractivity contribution is 0.356. The number of halogens is 2. The van der Waals surface area contributed by atoms with E-state index in [1.807, 2.05) is 0 Å². The Labute approximate surface area is 122 Å². The first kappa shape index (κ1) is 15.7. The molecule has 1 N–H and O–H groups in total. The van der Waals surface area contributed by atoms with Gasteiger partial charge in [0.25, 0.3) is 0 Å². The van der Waals surface area contributed by atoms with Gasteiger partial charge >= 0.3 is 0 Å². The van der Waals surface area contributed by atoms with E-state index in [2.05, 4.69) is 64.1 Å². The molecule has 0 aliphatic heterocycles. The number of likely N-dealkylation sites (N-methyl/N-ethyl adjacent to an activating group) is 1. The molecule has 0 spiro atoms. The van der Waals surface area contributed by atoms with Gasteiger partial charge in [0.2, 0.25) is 0 Å². The zero-order valence-electron chi connectivity index (χ0n) is 11.2.